The molecule has 2 saturated heterocycles. The van der Waals surface area contributed by atoms with E-state index in [0.29, 0.717) is 46.8 Å². The normalized spacial score (nSPS) is 23.9. The van der Waals surface area contributed by atoms with Crippen LogP contribution in [0.15, 0.2) is 54.6 Å². The minimum absolute atomic E-state index is 0.0750. The zero-order valence-corrected chi connectivity index (χ0v) is 23.6. The van der Waals surface area contributed by atoms with E-state index < -0.39 is 23.6 Å². The molecule has 0 radical (unpaired) electrons. The fourth-order valence-corrected chi connectivity index (χ4v) is 6.60. The highest BCUT2D eigenvalue weighted by molar-refractivity contribution is 6.05. The number of anilines is 1. The molecule has 44 heavy (non-hydrogen) atoms. The minimum atomic E-state index is -0.735. The van der Waals surface area contributed by atoms with Gasteiger partial charge >= 0.3 is 0 Å². The first-order valence-corrected chi connectivity index (χ1v) is 14.6. The number of fused-ring (bicyclic) bond motifs is 2. The smallest absolute Gasteiger partial charge is 0.255 e. The number of rotatable bonds is 7. The summed E-state index contributed by atoms with van der Waals surface area (Å²) in [5.41, 5.74) is 2.13. The van der Waals surface area contributed by atoms with E-state index in [9.17, 15) is 18.8 Å². The van der Waals surface area contributed by atoms with Crippen molar-refractivity contribution in [1.29, 1.82) is 5.26 Å². The summed E-state index contributed by atoms with van der Waals surface area (Å²) >= 11 is 0. The van der Waals surface area contributed by atoms with Gasteiger partial charge in [-0.05, 0) is 55.3 Å². The van der Waals surface area contributed by atoms with E-state index >= 15 is 4.39 Å². The lowest BCUT2D eigenvalue weighted by Crippen LogP contribution is -2.52. The summed E-state index contributed by atoms with van der Waals surface area (Å²) in [6.45, 7) is 0.674. The van der Waals surface area contributed by atoms with Gasteiger partial charge in [-0.2, -0.15) is 5.26 Å². The van der Waals surface area contributed by atoms with Gasteiger partial charge < -0.3 is 19.3 Å². The lowest BCUT2D eigenvalue weighted by atomic mass is 10.0. The number of nitrogens with zero attached hydrogens (tertiary/aromatic N) is 3. The van der Waals surface area contributed by atoms with Crippen molar-refractivity contribution in [3.8, 4) is 17.6 Å². The fraction of sp³-hybridized carbons (Fsp3) is 0.333. The van der Waals surface area contributed by atoms with Crippen molar-refractivity contribution in [2.24, 2.45) is 5.92 Å². The van der Waals surface area contributed by atoms with Crippen LogP contribution in [0.3, 0.4) is 0 Å². The molecule has 3 aliphatic heterocycles. The Hall–Kier alpha value is -4.98. The molecule has 1 N–H and O–H groups in total. The van der Waals surface area contributed by atoms with Crippen LogP contribution in [0.2, 0.25) is 0 Å². The van der Waals surface area contributed by atoms with Gasteiger partial charge in [0, 0.05) is 54.1 Å². The van der Waals surface area contributed by atoms with Gasteiger partial charge in [-0.3, -0.25) is 19.7 Å². The molecule has 3 aromatic carbocycles. The van der Waals surface area contributed by atoms with Crippen LogP contribution in [0.1, 0.15) is 52.7 Å². The number of carbonyl (C=O) groups excluding carboxylic acids is 3. The monoisotopic (exact) mass is 598 g/mol. The SMILES string of the molecule is N#Cc1ccc(N2CCC(Oc3ccc(COc4cccc5c4CN(C4CCC(=O)NC4=O)C5=O)c(F)c3)C3CC32)c(F)c1. The van der Waals surface area contributed by atoms with E-state index in [-0.39, 0.29) is 61.4 Å². The predicted octanol–water partition coefficient (Wildman–Crippen LogP) is 4.22. The molecule has 3 amide bonds. The Kier molecular flexibility index (Phi) is 6.92. The van der Waals surface area contributed by atoms with Crippen LogP contribution >= 0.6 is 0 Å². The summed E-state index contributed by atoms with van der Waals surface area (Å²) < 4.78 is 41.9. The van der Waals surface area contributed by atoms with Crippen molar-refractivity contribution in [2.45, 2.75) is 57.0 Å². The molecule has 11 heteroatoms. The maximum atomic E-state index is 15.2. The first-order valence-electron chi connectivity index (χ1n) is 14.6. The molecule has 7 rings (SSSR count). The van der Waals surface area contributed by atoms with Gasteiger partial charge in [-0.1, -0.05) is 6.07 Å². The number of halogens is 2. The molecule has 224 valence electrons. The molecule has 0 spiro atoms. The number of hydrogen-bond donors (Lipinski definition) is 1. The van der Waals surface area contributed by atoms with Gasteiger partial charge in [0.25, 0.3) is 5.91 Å². The third-order valence-corrected chi connectivity index (χ3v) is 8.96. The first-order chi connectivity index (χ1) is 21.3. The van der Waals surface area contributed by atoms with Crippen LogP contribution in [0, 0.1) is 28.9 Å². The quantitative estimate of drug-likeness (QED) is 0.406. The summed E-state index contributed by atoms with van der Waals surface area (Å²) in [6, 6.07) is 15.6. The number of nitriles is 1. The largest absolute Gasteiger partial charge is 0.490 e. The van der Waals surface area contributed by atoms with E-state index in [1.807, 2.05) is 11.0 Å². The van der Waals surface area contributed by atoms with E-state index in [1.54, 1.807) is 42.5 Å². The number of carbonyl (C=O) groups is 3. The van der Waals surface area contributed by atoms with Crippen LogP contribution in [0.4, 0.5) is 14.5 Å². The standard InChI is InChI=1S/C33H28F2N4O5/c34-24-13-20(44-30-10-11-38(28-14-22(28)30)26-7-4-18(15-36)12-25(26)35)6-5-19(24)17-43-29-3-1-2-21-23(29)16-39(33(21)42)27-8-9-31(40)37-32(27)41/h1-7,12-13,22,27-28,30H,8-11,14,16-17H2,(H,37,40,41). The maximum Gasteiger partial charge on any atom is 0.255 e. The molecule has 3 aromatic rings. The third-order valence-electron chi connectivity index (χ3n) is 8.96. The van der Waals surface area contributed by atoms with Gasteiger partial charge in [0.05, 0.1) is 23.9 Å². The minimum Gasteiger partial charge on any atom is -0.490 e. The molecular formula is C33H28F2N4O5. The van der Waals surface area contributed by atoms with Gasteiger partial charge in [0.15, 0.2) is 0 Å². The van der Waals surface area contributed by atoms with Crippen LogP contribution in [0.5, 0.6) is 11.5 Å². The molecule has 3 fully saturated rings. The predicted molar refractivity (Wildman–Crippen MR) is 153 cm³/mol. The van der Waals surface area contributed by atoms with Crippen LogP contribution in [-0.4, -0.2) is 47.4 Å². The molecule has 3 heterocycles. The number of ether oxygens (including phenoxy) is 2. The van der Waals surface area contributed by atoms with Crippen molar-refractivity contribution in [2.75, 3.05) is 11.4 Å². The Labute approximate surface area is 252 Å². The van der Waals surface area contributed by atoms with Crippen molar-refractivity contribution < 1.29 is 32.6 Å². The lowest BCUT2D eigenvalue weighted by Gasteiger charge is -2.33. The number of hydrogen-bond acceptors (Lipinski definition) is 7. The fourth-order valence-electron chi connectivity index (χ4n) is 6.60. The second kappa shape index (κ2) is 10.9. The maximum absolute atomic E-state index is 15.2. The lowest BCUT2D eigenvalue weighted by molar-refractivity contribution is -0.136. The van der Waals surface area contributed by atoms with Crippen molar-refractivity contribution in [3.05, 3.63) is 88.5 Å². The molecule has 4 unspecified atom stereocenters. The molecule has 9 nitrogen and oxygen atoms in total. The molecule has 0 bridgehead atoms. The molecule has 4 atom stereocenters. The zero-order valence-electron chi connectivity index (χ0n) is 23.6. The Bertz CT molecular complexity index is 1740. The van der Waals surface area contributed by atoms with Gasteiger partial charge in [0.1, 0.15) is 41.9 Å². The highest BCUT2D eigenvalue weighted by atomic mass is 19.1. The van der Waals surface area contributed by atoms with Crippen molar-refractivity contribution in [3.63, 3.8) is 0 Å². The molecule has 4 aliphatic rings. The highest BCUT2D eigenvalue weighted by Crippen LogP contribution is 2.47. The Morgan fingerprint density at radius 3 is 2.64 bits per heavy atom. The zero-order chi connectivity index (χ0) is 30.5. The summed E-state index contributed by atoms with van der Waals surface area (Å²) in [5.74, 6) is -1.01. The summed E-state index contributed by atoms with van der Waals surface area (Å²) in [4.78, 5) is 40.4. The molecule has 1 saturated carbocycles. The van der Waals surface area contributed by atoms with Crippen LogP contribution in [-0.2, 0) is 22.7 Å². The topological polar surface area (TPSA) is 112 Å². The first kappa shape index (κ1) is 27.8. The molecule has 1 aliphatic carbocycles. The van der Waals surface area contributed by atoms with Crippen LogP contribution in [0.25, 0.3) is 0 Å². The number of piperidine rings is 2. The number of benzene rings is 3. The number of imide groups is 1. The summed E-state index contributed by atoms with van der Waals surface area (Å²) in [7, 11) is 0. The van der Waals surface area contributed by atoms with E-state index in [0.717, 1.165) is 6.42 Å². The third kappa shape index (κ3) is 5.00. The average molecular weight is 599 g/mol. The second-order valence-electron chi connectivity index (χ2n) is 11.6. The Morgan fingerprint density at radius 1 is 1.00 bits per heavy atom. The molecular weight excluding hydrogens is 570 g/mol. The highest BCUT2D eigenvalue weighted by Gasteiger charge is 2.51. The van der Waals surface area contributed by atoms with Crippen molar-refractivity contribution in [1.82, 2.24) is 10.2 Å². The Balaban J connectivity index is 0.975. The van der Waals surface area contributed by atoms with Crippen LogP contribution < -0.4 is 19.7 Å². The van der Waals surface area contributed by atoms with Gasteiger partial charge in [-0.25, -0.2) is 8.78 Å². The number of amides is 3. The second-order valence-corrected chi connectivity index (χ2v) is 11.6. The van der Waals surface area contributed by atoms with Gasteiger partial charge in [-0.15, -0.1) is 0 Å². The average Bonchev–Trinajstić information content (AvgIpc) is 3.75. The summed E-state index contributed by atoms with van der Waals surface area (Å²) in [5, 5.41) is 11.3. The van der Waals surface area contributed by atoms with E-state index in [2.05, 4.69) is 5.32 Å². The van der Waals surface area contributed by atoms with E-state index in [1.165, 1.54) is 17.0 Å². The van der Waals surface area contributed by atoms with Gasteiger partial charge in [0.2, 0.25) is 11.8 Å². The number of nitrogens with one attached hydrogen (secondary N) is 1. The van der Waals surface area contributed by atoms with Crippen molar-refractivity contribution >= 4 is 23.4 Å². The van der Waals surface area contributed by atoms with E-state index in [4.69, 9.17) is 14.7 Å². The summed E-state index contributed by atoms with van der Waals surface area (Å²) in [6.07, 6.45) is 1.81. The molecule has 0 aromatic heterocycles. The Morgan fingerprint density at radius 2 is 1.86 bits per heavy atom.